The summed E-state index contributed by atoms with van der Waals surface area (Å²) in [6.45, 7) is 1.76. The van der Waals surface area contributed by atoms with E-state index in [9.17, 15) is 9.18 Å². The molecule has 0 aliphatic rings. The molecular formula is C20H25FN2O5. The molecule has 1 atom stereocenters. The van der Waals surface area contributed by atoms with E-state index in [2.05, 4.69) is 10.6 Å². The molecule has 2 aromatic carbocycles. The van der Waals surface area contributed by atoms with Gasteiger partial charge in [-0.1, -0.05) is 18.2 Å². The van der Waals surface area contributed by atoms with Crippen LogP contribution in [0.15, 0.2) is 36.4 Å². The molecule has 0 fully saturated rings. The maximum absolute atomic E-state index is 14.1. The van der Waals surface area contributed by atoms with Crippen LogP contribution in [0.5, 0.6) is 17.2 Å². The normalized spacial score (nSPS) is 12.6. The zero-order valence-electron chi connectivity index (χ0n) is 16.6. The molecule has 0 saturated carbocycles. The molecule has 0 radical (unpaired) electrons. The number of amides is 2. The molecule has 2 aromatic rings. The summed E-state index contributed by atoms with van der Waals surface area (Å²) < 4.78 is 35.4. The van der Waals surface area contributed by atoms with Gasteiger partial charge in [0, 0.05) is 24.8 Å². The van der Waals surface area contributed by atoms with Crippen molar-refractivity contribution in [2.45, 2.75) is 12.5 Å². The van der Waals surface area contributed by atoms with Gasteiger partial charge in [0.25, 0.3) is 0 Å². The fourth-order valence-corrected chi connectivity index (χ4v) is 2.74. The lowest BCUT2D eigenvalue weighted by Crippen LogP contribution is -2.42. The van der Waals surface area contributed by atoms with Crippen molar-refractivity contribution >= 4 is 11.7 Å². The minimum Gasteiger partial charge on any atom is -0.493 e. The minimum absolute atomic E-state index is 0.0562. The number of carbonyl (C=O) groups excluding carboxylic acids is 1. The fourth-order valence-electron chi connectivity index (χ4n) is 2.74. The molecule has 2 rings (SSSR count). The van der Waals surface area contributed by atoms with Gasteiger partial charge in [0.05, 0.1) is 33.6 Å². The zero-order chi connectivity index (χ0) is 20.7. The van der Waals surface area contributed by atoms with E-state index in [4.69, 9.17) is 18.9 Å². The van der Waals surface area contributed by atoms with Crippen molar-refractivity contribution < 1.29 is 28.1 Å². The molecule has 0 saturated heterocycles. The van der Waals surface area contributed by atoms with E-state index in [1.54, 1.807) is 37.3 Å². The number of halogens is 1. The highest BCUT2D eigenvalue weighted by molar-refractivity contribution is 5.90. The number of hydrogen-bond donors (Lipinski definition) is 2. The topological polar surface area (TPSA) is 78.1 Å². The Morgan fingerprint density at radius 2 is 1.64 bits per heavy atom. The first kappa shape index (κ1) is 21.3. The number of methoxy groups -OCH3 is 4. The second-order valence-corrected chi connectivity index (χ2v) is 6.14. The van der Waals surface area contributed by atoms with Crippen LogP contribution in [-0.4, -0.2) is 41.0 Å². The fraction of sp³-hybridized carbons (Fsp3) is 0.350. The summed E-state index contributed by atoms with van der Waals surface area (Å²) in [6.07, 6.45) is 0. The van der Waals surface area contributed by atoms with Gasteiger partial charge >= 0.3 is 6.03 Å². The first-order chi connectivity index (χ1) is 13.4. The molecule has 0 bridgehead atoms. The number of benzene rings is 2. The van der Waals surface area contributed by atoms with Crippen molar-refractivity contribution in [3.05, 3.63) is 47.8 Å². The molecule has 2 N–H and O–H groups in total. The minimum atomic E-state index is -1.03. The second-order valence-electron chi connectivity index (χ2n) is 6.14. The summed E-state index contributed by atoms with van der Waals surface area (Å²) in [6, 6.07) is 9.00. The number of hydrogen-bond acceptors (Lipinski definition) is 5. The van der Waals surface area contributed by atoms with Gasteiger partial charge in [-0.15, -0.1) is 0 Å². The number of rotatable bonds is 8. The van der Waals surface area contributed by atoms with Crippen LogP contribution in [0.25, 0.3) is 0 Å². The van der Waals surface area contributed by atoms with Crippen molar-refractivity contribution in [3.63, 3.8) is 0 Å². The highest BCUT2D eigenvalue weighted by atomic mass is 19.1. The molecule has 1 unspecified atom stereocenters. The molecule has 7 nitrogen and oxygen atoms in total. The maximum Gasteiger partial charge on any atom is 0.319 e. The first-order valence-corrected chi connectivity index (χ1v) is 8.53. The highest BCUT2D eigenvalue weighted by Gasteiger charge is 2.29. The van der Waals surface area contributed by atoms with Gasteiger partial charge in [-0.05, 0) is 13.0 Å². The van der Waals surface area contributed by atoms with Crippen LogP contribution in [0, 0.1) is 5.82 Å². The van der Waals surface area contributed by atoms with Crippen molar-refractivity contribution in [3.8, 4) is 17.2 Å². The third-order valence-corrected chi connectivity index (χ3v) is 4.40. The molecule has 0 spiro atoms. The van der Waals surface area contributed by atoms with E-state index in [1.165, 1.54) is 34.5 Å². The Morgan fingerprint density at radius 1 is 1.04 bits per heavy atom. The number of carbonyl (C=O) groups is 1. The van der Waals surface area contributed by atoms with Crippen LogP contribution < -0.4 is 24.8 Å². The third kappa shape index (κ3) is 4.64. The lowest BCUT2D eigenvalue weighted by atomic mass is 9.95. The van der Waals surface area contributed by atoms with Gasteiger partial charge in [-0.3, -0.25) is 0 Å². The van der Waals surface area contributed by atoms with E-state index in [-0.39, 0.29) is 6.54 Å². The van der Waals surface area contributed by atoms with Gasteiger partial charge in [-0.2, -0.15) is 0 Å². The maximum atomic E-state index is 14.1. The smallest absolute Gasteiger partial charge is 0.319 e. The summed E-state index contributed by atoms with van der Waals surface area (Å²) in [4.78, 5) is 12.4. The average Bonchev–Trinajstić information content (AvgIpc) is 2.71. The van der Waals surface area contributed by atoms with Gasteiger partial charge < -0.3 is 29.6 Å². The standard InChI is InChI=1S/C20H25FN2O5/c1-20(28-5,14-8-6-7-9-15(14)21)12-22-19(24)23-13-10-16(25-2)18(27-4)17(11-13)26-3/h6-11H,12H2,1-5H3,(H2,22,23,24). The summed E-state index contributed by atoms with van der Waals surface area (Å²) in [5.74, 6) is 0.830. The largest absolute Gasteiger partial charge is 0.493 e. The quantitative estimate of drug-likeness (QED) is 0.719. The number of ether oxygens (including phenoxy) is 4. The Balaban J connectivity index is 2.13. The Bertz CT molecular complexity index is 805. The molecule has 2 amide bonds. The average molecular weight is 392 g/mol. The van der Waals surface area contributed by atoms with Crippen LogP contribution in [0.3, 0.4) is 0 Å². The van der Waals surface area contributed by atoms with Gasteiger partial charge in [0.15, 0.2) is 11.5 Å². The molecular weight excluding hydrogens is 367 g/mol. The van der Waals surface area contributed by atoms with Gasteiger partial charge in [-0.25, -0.2) is 9.18 Å². The molecule has 28 heavy (non-hydrogen) atoms. The van der Waals surface area contributed by atoms with Gasteiger partial charge in [0.2, 0.25) is 5.75 Å². The number of nitrogens with one attached hydrogen (secondary N) is 2. The van der Waals surface area contributed by atoms with E-state index < -0.39 is 17.4 Å². The Labute approximate surface area is 163 Å². The van der Waals surface area contributed by atoms with Crippen LogP contribution in [0.1, 0.15) is 12.5 Å². The predicted octanol–water partition coefficient (Wildman–Crippen LogP) is 3.53. The summed E-state index contributed by atoms with van der Waals surface area (Å²) in [5, 5.41) is 5.39. The lowest BCUT2D eigenvalue weighted by molar-refractivity contribution is 0.00235. The third-order valence-electron chi connectivity index (χ3n) is 4.40. The van der Waals surface area contributed by atoms with E-state index in [1.807, 2.05) is 0 Å². The highest BCUT2D eigenvalue weighted by Crippen LogP contribution is 2.39. The van der Waals surface area contributed by atoms with Crippen molar-refractivity contribution in [1.82, 2.24) is 5.32 Å². The molecule has 0 heterocycles. The Morgan fingerprint density at radius 3 is 2.14 bits per heavy atom. The molecule has 0 aliphatic heterocycles. The SMILES string of the molecule is COc1cc(NC(=O)NCC(C)(OC)c2ccccc2F)cc(OC)c1OC. The molecule has 8 heteroatoms. The van der Waals surface area contributed by atoms with Crippen molar-refractivity contribution in [2.75, 3.05) is 40.3 Å². The van der Waals surface area contributed by atoms with E-state index >= 15 is 0 Å². The van der Waals surface area contributed by atoms with Crippen molar-refractivity contribution in [2.24, 2.45) is 0 Å². The van der Waals surface area contributed by atoms with Crippen LogP contribution >= 0.6 is 0 Å². The summed E-state index contributed by atoms with van der Waals surface area (Å²) in [7, 11) is 5.93. The summed E-state index contributed by atoms with van der Waals surface area (Å²) in [5.41, 5.74) is -0.236. The monoisotopic (exact) mass is 392 g/mol. The van der Waals surface area contributed by atoms with E-state index in [0.29, 0.717) is 28.5 Å². The van der Waals surface area contributed by atoms with E-state index in [0.717, 1.165) is 0 Å². The Kier molecular flexibility index (Phi) is 7.06. The number of anilines is 1. The molecule has 152 valence electrons. The second kappa shape index (κ2) is 9.27. The lowest BCUT2D eigenvalue weighted by Gasteiger charge is -2.29. The first-order valence-electron chi connectivity index (χ1n) is 8.53. The Hall–Kier alpha value is -3.00. The zero-order valence-corrected chi connectivity index (χ0v) is 16.6. The van der Waals surface area contributed by atoms with Gasteiger partial charge in [0.1, 0.15) is 11.4 Å². The van der Waals surface area contributed by atoms with Crippen molar-refractivity contribution in [1.29, 1.82) is 0 Å². The molecule has 0 aliphatic carbocycles. The van der Waals surface area contributed by atoms with Crippen LogP contribution in [-0.2, 0) is 10.3 Å². The summed E-state index contributed by atoms with van der Waals surface area (Å²) >= 11 is 0. The number of urea groups is 1. The molecule has 0 aromatic heterocycles. The predicted molar refractivity (Wildman–Crippen MR) is 104 cm³/mol. The van der Waals surface area contributed by atoms with Crippen LogP contribution in [0.2, 0.25) is 0 Å². The van der Waals surface area contributed by atoms with Crippen LogP contribution in [0.4, 0.5) is 14.9 Å².